The van der Waals surface area contributed by atoms with Gasteiger partial charge in [-0.1, -0.05) is 0 Å². The lowest BCUT2D eigenvalue weighted by atomic mass is 10.3. The largest absolute Gasteiger partial charge is 0.394 e. The fourth-order valence-corrected chi connectivity index (χ4v) is 0.649. The van der Waals surface area contributed by atoms with Gasteiger partial charge in [0.15, 0.2) is 0 Å². The molecule has 1 N–H and O–H groups in total. The van der Waals surface area contributed by atoms with E-state index in [4.69, 9.17) is 21.4 Å². The number of aliphatic hydroxyl groups excluding tert-OH is 1. The predicted molar refractivity (Wildman–Crippen MR) is 33.2 cm³/mol. The van der Waals surface area contributed by atoms with E-state index in [-0.39, 0.29) is 12.7 Å². The molecule has 1 atom stereocenters. The molecule has 0 saturated carbocycles. The smallest absolute Gasteiger partial charge is 0.0813 e. The Bertz CT molecular complexity index is 45.7. The van der Waals surface area contributed by atoms with Gasteiger partial charge in [0.2, 0.25) is 0 Å². The van der Waals surface area contributed by atoms with Crippen LogP contribution in [-0.2, 0) is 4.74 Å². The summed E-state index contributed by atoms with van der Waals surface area (Å²) in [5, 5.41) is 8.47. The van der Waals surface area contributed by atoms with Crippen LogP contribution in [0.25, 0.3) is 0 Å². The summed E-state index contributed by atoms with van der Waals surface area (Å²) in [7, 11) is 1.56. The van der Waals surface area contributed by atoms with Gasteiger partial charge in [-0.2, -0.15) is 0 Å². The van der Waals surface area contributed by atoms with E-state index in [1.165, 1.54) is 0 Å². The Hall–Kier alpha value is 0.210. The van der Waals surface area contributed by atoms with E-state index in [0.29, 0.717) is 12.3 Å². The molecule has 0 aliphatic carbocycles. The van der Waals surface area contributed by atoms with Crippen molar-refractivity contribution in [3.63, 3.8) is 0 Å². The Balaban J connectivity index is 3.07. The van der Waals surface area contributed by atoms with Gasteiger partial charge in [-0.05, 0) is 6.42 Å². The van der Waals surface area contributed by atoms with Crippen molar-refractivity contribution >= 4 is 11.6 Å². The molecular formula is C5H11ClO2. The summed E-state index contributed by atoms with van der Waals surface area (Å²) in [5.74, 6) is 0.541. The highest BCUT2D eigenvalue weighted by Gasteiger charge is 2.01. The Labute approximate surface area is 54.4 Å². The van der Waals surface area contributed by atoms with Crippen molar-refractivity contribution < 1.29 is 9.84 Å². The average molecular weight is 139 g/mol. The first kappa shape index (κ1) is 8.21. The summed E-state index contributed by atoms with van der Waals surface area (Å²) in [6.07, 6.45) is 0.640. The molecule has 3 heteroatoms. The van der Waals surface area contributed by atoms with E-state index in [9.17, 15) is 0 Å². The number of methoxy groups -OCH3 is 1. The zero-order chi connectivity index (χ0) is 6.41. The summed E-state index contributed by atoms with van der Waals surface area (Å²) in [6, 6.07) is 0. The Morgan fingerprint density at radius 1 is 1.75 bits per heavy atom. The van der Waals surface area contributed by atoms with E-state index in [1.807, 2.05) is 0 Å². The molecular weight excluding hydrogens is 128 g/mol. The van der Waals surface area contributed by atoms with Crippen LogP contribution in [0.4, 0.5) is 0 Å². The predicted octanol–water partition coefficient (Wildman–Crippen LogP) is 0.623. The maximum absolute atomic E-state index is 8.47. The minimum Gasteiger partial charge on any atom is -0.394 e. The molecule has 50 valence electrons. The molecule has 0 fully saturated rings. The van der Waals surface area contributed by atoms with Crippen LogP contribution in [0.1, 0.15) is 6.42 Å². The number of halogens is 1. The standard InChI is InChI=1S/C5H11ClO2/c1-8-5(4-7)2-3-6/h5,7H,2-4H2,1H3. The highest BCUT2D eigenvalue weighted by Crippen LogP contribution is 1.96. The van der Waals surface area contributed by atoms with E-state index < -0.39 is 0 Å². The molecule has 0 aromatic heterocycles. The molecule has 0 aliphatic heterocycles. The Morgan fingerprint density at radius 2 is 2.38 bits per heavy atom. The molecule has 0 radical (unpaired) electrons. The van der Waals surface area contributed by atoms with Crippen LogP contribution in [0.5, 0.6) is 0 Å². The minimum atomic E-state index is -0.0764. The van der Waals surface area contributed by atoms with Gasteiger partial charge in [0.1, 0.15) is 0 Å². The number of rotatable bonds is 4. The van der Waals surface area contributed by atoms with Gasteiger partial charge in [0, 0.05) is 13.0 Å². The lowest BCUT2D eigenvalue weighted by Gasteiger charge is -2.08. The topological polar surface area (TPSA) is 29.5 Å². The molecule has 0 amide bonds. The van der Waals surface area contributed by atoms with Gasteiger partial charge in [-0.3, -0.25) is 0 Å². The van der Waals surface area contributed by atoms with Crippen molar-refractivity contribution in [1.82, 2.24) is 0 Å². The van der Waals surface area contributed by atoms with Gasteiger partial charge < -0.3 is 9.84 Å². The first-order valence-corrected chi connectivity index (χ1v) is 3.08. The normalized spacial score (nSPS) is 13.9. The number of hydrogen-bond donors (Lipinski definition) is 1. The lowest BCUT2D eigenvalue weighted by molar-refractivity contribution is 0.0473. The molecule has 0 saturated heterocycles. The average Bonchev–Trinajstić information content (AvgIpc) is 1.83. The van der Waals surface area contributed by atoms with Crippen LogP contribution in [0.3, 0.4) is 0 Å². The molecule has 8 heavy (non-hydrogen) atoms. The van der Waals surface area contributed by atoms with Crippen molar-refractivity contribution in [2.45, 2.75) is 12.5 Å². The second-order valence-corrected chi connectivity index (χ2v) is 1.90. The number of aliphatic hydroxyl groups is 1. The summed E-state index contributed by atoms with van der Waals surface area (Å²) in [6.45, 7) is 0.0588. The van der Waals surface area contributed by atoms with Crippen LogP contribution >= 0.6 is 11.6 Å². The van der Waals surface area contributed by atoms with Crippen molar-refractivity contribution in [3.05, 3.63) is 0 Å². The van der Waals surface area contributed by atoms with Crippen LogP contribution < -0.4 is 0 Å². The van der Waals surface area contributed by atoms with Crippen molar-refractivity contribution in [2.24, 2.45) is 0 Å². The quantitative estimate of drug-likeness (QED) is 0.578. The van der Waals surface area contributed by atoms with E-state index >= 15 is 0 Å². The monoisotopic (exact) mass is 138 g/mol. The van der Waals surface area contributed by atoms with E-state index in [1.54, 1.807) is 7.11 Å². The molecule has 0 aromatic carbocycles. The van der Waals surface area contributed by atoms with Gasteiger partial charge in [-0.15, -0.1) is 11.6 Å². The Kier molecular flexibility index (Phi) is 5.49. The number of ether oxygens (including phenoxy) is 1. The number of alkyl halides is 1. The molecule has 0 spiro atoms. The zero-order valence-corrected chi connectivity index (χ0v) is 5.69. The second kappa shape index (κ2) is 5.35. The van der Waals surface area contributed by atoms with Crippen LogP contribution in [0, 0.1) is 0 Å². The van der Waals surface area contributed by atoms with Crippen LogP contribution in [0.15, 0.2) is 0 Å². The van der Waals surface area contributed by atoms with Gasteiger partial charge in [-0.25, -0.2) is 0 Å². The summed E-state index contributed by atoms with van der Waals surface area (Å²) >= 11 is 5.36. The molecule has 0 heterocycles. The highest BCUT2D eigenvalue weighted by molar-refractivity contribution is 6.17. The van der Waals surface area contributed by atoms with Gasteiger partial charge >= 0.3 is 0 Å². The van der Waals surface area contributed by atoms with E-state index in [2.05, 4.69) is 0 Å². The van der Waals surface area contributed by atoms with Crippen molar-refractivity contribution in [2.75, 3.05) is 19.6 Å². The molecule has 1 unspecified atom stereocenters. The highest BCUT2D eigenvalue weighted by atomic mass is 35.5. The van der Waals surface area contributed by atoms with Crippen molar-refractivity contribution in [3.8, 4) is 0 Å². The zero-order valence-electron chi connectivity index (χ0n) is 4.93. The second-order valence-electron chi connectivity index (χ2n) is 1.52. The number of hydrogen-bond acceptors (Lipinski definition) is 2. The molecule has 0 rings (SSSR count). The fraction of sp³-hybridized carbons (Fsp3) is 1.00. The first-order valence-electron chi connectivity index (χ1n) is 2.54. The van der Waals surface area contributed by atoms with Crippen molar-refractivity contribution in [1.29, 1.82) is 0 Å². The first-order chi connectivity index (χ1) is 3.85. The molecule has 0 aromatic rings. The van der Waals surface area contributed by atoms with Gasteiger partial charge in [0.25, 0.3) is 0 Å². The SMILES string of the molecule is COC(CO)CCCl. The van der Waals surface area contributed by atoms with Crippen LogP contribution in [-0.4, -0.2) is 30.8 Å². The van der Waals surface area contributed by atoms with Gasteiger partial charge in [0.05, 0.1) is 12.7 Å². The molecule has 2 nitrogen and oxygen atoms in total. The molecule has 0 aliphatic rings. The summed E-state index contributed by atoms with van der Waals surface area (Å²) in [5.41, 5.74) is 0. The summed E-state index contributed by atoms with van der Waals surface area (Å²) in [4.78, 5) is 0. The third-order valence-electron chi connectivity index (χ3n) is 0.968. The Morgan fingerprint density at radius 3 is 2.50 bits per heavy atom. The lowest BCUT2D eigenvalue weighted by Crippen LogP contribution is -2.15. The fourth-order valence-electron chi connectivity index (χ4n) is 0.405. The third kappa shape index (κ3) is 3.24. The van der Waals surface area contributed by atoms with Crippen LogP contribution in [0.2, 0.25) is 0 Å². The maximum atomic E-state index is 8.47. The summed E-state index contributed by atoms with van der Waals surface area (Å²) < 4.78 is 4.81. The molecule has 0 bridgehead atoms. The maximum Gasteiger partial charge on any atom is 0.0813 e. The third-order valence-corrected chi connectivity index (χ3v) is 1.19. The van der Waals surface area contributed by atoms with E-state index in [0.717, 1.165) is 0 Å². The minimum absolute atomic E-state index is 0.0588.